The second-order valence-electron chi connectivity index (χ2n) is 4.47. The monoisotopic (exact) mass is 329 g/mol. The fourth-order valence-corrected chi connectivity index (χ4v) is 3.33. The van der Waals surface area contributed by atoms with Gasteiger partial charge >= 0.3 is 0 Å². The molecule has 0 heterocycles. The van der Waals surface area contributed by atoms with E-state index < -0.39 is 10.0 Å². The zero-order valence-electron chi connectivity index (χ0n) is 10.9. The van der Waals surface area contributed by atoms with Gasteiger partial charge in [-0.1, -0.05) is 47.0 Å². The van der Waals surface area contributed by atoms with E-state index in [1.807, 2.05) is 6.92 Å². The zero-order chi connectivity index (χ0) is 14.9. The van der Waals surface area contributed by atoms with Gasteiger partial charge < -0.3 is 0 Å². The van der Waals surface area contributed by atoms with Gasteiger partial charge in [-0.05, 0) is 37.6 Å². The van der Waals surface area contributed by atoms with Crippen LogP contribution in [0.3, 0.4) is 0 Å². The van der Waals surface area contributed by atoms with Crippen molar-refractivity contribution >= 4 is 38.9 Å². The Kier molecular flexibility index (Phi) is 4.28. The molecule has 20 heavy (non-hydrogen) atoms. The molecule has 2 aromatic carbocycles. The summed E-state index contributed by atoms with van der Waals surface area (Å²) < 4.78 is 27.0. The third-order valence-corrected chi connectivity index (χ3v) is 5.02. The highest BCUT2D eigenvalue weighted by atomic mass is 35.5. The number of hydrogen-bond acceptors (Lipinski definition) is 2. The fraction of sp³-hybridized carbons (Fsp3) is 0.143. The summed E-state index contributed by atoms with van der Waals surface area (Å²) in [5.41, 5.74) is 1.93. The molecule has 0 amide bonds. The highest BCUT2D eigenvalue weighted by molar-refractivity contribution is 7.92. The summed E-state index contributed by atoms with van der Waals surface area (Å²) in [5, 5.41) is 0.560. The first-order chi connectivity index (χ1) is 9.31. The van der Waals surface area contributed by atoms with Gasteiger partial charge in [0.1, 0.15) is 0 Å². The molecule has 0 atom stereocenters. The molecule has 1 N–H and O–H groups in total. The molecule has 0 saturated heterocycles. The van der Waals surface area contributed by atoms with Crippen LogP contribution < -0.4 is 4.72 Å². The van der Waals surface area contributed by atoms with Gasteiger partial charge in [0, 0.05) is 0 Å². The Morgan fingerprint density at radius 3 is 2.15 bits per heavy atom. The van der Waals surface area contributed by atoms with Crippen molar-refractivity contribution in [3.05, 3.63) is 57.6 Å². The standard InChI is InChI=1S/C14H13Cl2NO2S/c1-9-3-6-11(7-4-9)20(18,19)17-14-12(15)8-5-10(2)13(14)16/h3-8,17H,1-2H3. The second-order valence-corrected chi connectivity index (χ2v) is 6.94. The van der Waals surface area contributed by atoms with Crippen LogP contribution in [0.25, 0.3) is 0 Å². The maximum atomic E-state index is 12.3. The van der Waals surface area contributed by atoms with Crippen LogP contribution in [0.2, 0.25) is 10.0 Å². The quantitative estimate of drug-likeness (QED) is 0.906. The van der Waals surface area contributed by atoms with E-state index in [0.29, 0.717) is 5.02 Å². The number of hydrogen-bond donors (Lipinski definition) is 1. The highest BCUT2D eigenvalue weighted by Gasteiger charge is 2.18. The number of nitrogens with one attached hydrogen (secondary N) is 1. The van der Waals surface area contributed by atoms with E-state index in [0.717, 1.165) is 11.1 Å². The molecule has 0 aromatic heterocycles. The smallest absolute Gasteiger partial charge is 0.261 e. The van der Waals surface area contributed by atoms with Crippen LogP contribution >= 0.6 is 23.2 Å². The fourth-order valence-electron chi connectivity index (χ4n) is 1.66. The molecule has 0 radical (unpaired) electrons. The first-order valence-corrected chi connectivity index (χ1v) is 8.09. The number of benzene rings is 2. The molecule has 0 saturated carbocycles. The van der Waals surface area contributed by atoms with Crippen molar-refractivity contribution in [1.82, 2.24) is 0 Å². The molecular formula is C14H13Cl2NO2S. The van der Waals surface area contributed by atoms with Crippen molar-refractivity contribution in [3.63, 3.8) is 0 Å². The van der Waals surface area contributed by atoms with Crippen molar-refractivity contribution in [3.8, 4) is 0 Å². The third-order valence-electron chi connectivity index (χ3n) is 2.85. The highest BCUT2D eigenvalue weighted by Crippen LogP contribution is 2.34. The molecule has 6 heteroatoms. The number of anilines is 1. The topological polar surface area (TPSA) is 46.2 Å². The Hall–Kier alpha value is -1.23. The van der Waals surface area contributed by atoms with Gasteiger partial charge in [0.2, 0.25) is 0 Å². The van der Waals surface area contributed by atoms with E-state index in [-0.39, 0.29) is 15.6 Å². The molecule has 0 aliphatic heterocycles. The third kappa shape index (κ3) is 3.08. The van der Waals surface area contributed by atoms with E-state index >= 15 is 0 Å². The maximum absolute atomic E-state index is 12.3. The Morgan fingerprint density at radius 1 is 0.950 bits per heavy atom. The summed E-state index contributed by atoms with van der Waals surface area (Å²) in [6.45, 7) is 3.67. The minimum atomic E-state index is -3.71. The van der Waals surface area contributed by atoms with Crippen molar-refractivity contribution < 1.29 is 8.42 Å². The minimum absolute atomic E-state index is 0.164. The summed E-state index contributed by atoms with van der Waals surface area (Å²) in [4.78, 5) is 0.164. The lowest BCUT2D eigenvalue weighted by Crippen LogP contribution is -2.13. The molecule has 0 bridgehead atoms. The summed E-state index contributed by atoms with van der Waals surface area (Å²) >= 11 is 12.1. The first kappa shape index (κ1) is 15.2. The van der Waals surface area contributed by atoms with E-state index in [4.69, 9.17) is 23.2 Å². The van der Waals surface area contributed by atoms with Crippen molar-refractivity contribution in [2.24, 2.45) is 0 Å². The lowest BCUT2D eigenvalue weighted by atomic mass is 10.2. The molecule has 0 unspecified atom stereocenters. The second kappa shape index (κ2) is 5.64. The van der Waals surface area contributed by atoms with Crippen LogP contribution in [0.5, 0.6) is 0 Å². The average molecular weight is 330 g/mol. The van der Waals surface area contributed by atoms with Gasteiger partial charge in [0.15, 0.2) is 0 Å². The SMILES string of the molecule is Cc1ccc(S(=O)(=O)Nc2c(Cl)ccc(C)c2Cl)cc1. The summed E-state index contributed by atoms with van der Waals surface area (Å²) in [6, 6.07) is 9.87. The van der Waals surface area contributed by atoms with Crippen LogP contribution in [0.4, 0.5) is 5.69 Å². The Balaban J connectivity index is 2.43. The van der Waals surface area contributed by atoms with Crippen LogP contribution in [0.1, 0.15) is 11.1 Å². The molecule has 0 aliphatic rings. The van der Waals surface area contributed by atoms with E-state index in [1.165, 1.54) is 12.1 Å². The lowest BCUT2D eigenvalue weighted by Gasteiger charge is -2.12. The summed E-state index contributed by atoms with van der Waals surface area (Å²) in [5.74, 6) is 0. The van der Waals surface area contributed by atoms with Crippen LogP contribution in [-0.2, 0) is 10.0 Å². The Morgan fingerprint density at radius 2 is 1.55 bits per heavy atom. The maximum Gasteiger partial charge on any atom is 0.261 e. The Labute approximate surface area is 128 Å². The van der Waals surface area contributed by atoms with Crippen molar-refractivity contribution in [2.75, 3.05) is 4.72 Å². The molecule has 3 nitrogen and oxygen atoms in total. The molecule has 2 rings (SSSR count). The van der Waals surface area contributed by atoms with Gasteiger partial charge in [-0.3, -0.25) is 4.72 Å². The number of rotatable bonds is 3. The molecule has 0 spiro atoms. The number of halogens is 2. The summed E-state index contributed by atoms with van der Waals surface area (Å²) in [7, 11) is -3.71. The van der Waals surface area contributed by atoms with Crippen molar-refractivity contribution in [2.45, 2.75) is 18.7 Å². The van der Waals surface area contributed by atoms with Crippen molar-refractivity contribution in [1.29, 1.82) is 0 Å². The van der Waals surface area contributed by atoms with Gasteiger partial charge in [-0.25, -0.2) is 8.42 Å². The largest absolute Gasteiger partial charge is 0.277 e. The molecular weight excluding hydrogens is 317 g/mol. The normalized spacial score (nSPS) is 11.4. The Bertz CT molecular complexity index is 741. The minimum Gasteiger partial charge on any atom is -0.277 e. The predicted octanol–water partition coefficient (Wildman–Crippen LogP) is 4.41. The molecule has 0 aliphatic carbocycles. The van der Waals surface area contributed by atoms with Crippen LogP contribution in [0.15, 0.2) is 41.3 Å². The molecule has 2 aromatic rings. The lowest BCUT2D eigenvalue weighted by molar-refractivity contribution is 0.601. The number of sulfonamides is 1. The van der Waals surface area contributed by atoms with Crippen LogP contribution in [0, 0.1) is 13.8 Å². The van der Waals surface area contributed by atoms with E-state index in [9.17, 15) is 8.42 Å². The summed E-state index contributed by atoms with van der Waals surface area (Å²) in [6.07, 6.45) is 0. The van der Waals surface area contributed by atoms with Gasteiger partial charge in [-0.2, -0.15) is 0 Å². The van der Waals surface area contributed by atoms with E-state index in [2.05, 4.69) is 4.72 Å². The van der Waals surface area contributed by atoms with E-state index in [1.54, 1.807) is 31.2 Å². The van der Waals surface area contributed by atoms with Gasteiger partial charge in [0.25, 0.3) is 10.0 Å². The molecule has 106 valence electrons. The van der Waals surface area contributed by atoms with Crippen LogP contribution in [-0.4, -0.2) is 8.42 Å². The zero-order valence-corrected chi connectivity index (χ0v) is 13.3. The number of aryl methyl sites for hydroxylation is 2. The molecule has 0 fully saturated rings. The average Bonchev–Trinajstić information content (AvgIpc) is 2.40. The predicted molar refractivity (Wildman–Crippen MR) is 83.2 cm³/mol. The van der Waals surface area contributed by atoms with Gasteiger partial charge in [0.05, 0.1) is 20.6 Å². The van der Waals surface area contributed by atoms with Gasteiger partial charge in [-0.15, -0.1) is 0 Å². The first-order valence-electron chi connectivity index (χ1n) is 5.85.